The summed E-state index contributed by atoms with van der Waals surface area (Å²) in [4.78, 5) is 20.4. The van der Waals surface area contributed by atoms with Crippen LogP contribution in [0, 0.1) is 6.92 Å². The molecule has 6 nitrogen and oxygen atoms in total. The van der Waals surface area contributed by atoms with Gasteiger partial charge in [-0.3, -0.25) is 4.79 Å². The molecule has 2 aromatic carbocycles. The maximum absolute atomic E-state index is 11.7. The molecule has 0 saturated heterocycles. The fraction of sp³-hybridized carbons (Fsp3) is 0.208. The number of aryl methyl sites for hydroxylation is 1. The van der Waals surface area contributed by atoms with Gasteiger partial charge < -0.3 is 16.0 Å². The van der Waals surface area contributed by atoms with E-state index in [2.05, 4.69) is 45.8 Å². The summed E-state index contributed by atoms with van der Waals surface area (Å²) in [6.45, 7) is 8.25. The second kappa shape index (κ2) is 11.4. The van der Waals surface area contributed by atoms with Crippen LogP contribution in [0.25, 0.3) is 0 Å². The largest absolute Gasteiger partial charge is 0.355 e. The maximum atomic E-state index is 11.7. The molecule has 1 aromatic heterocycles. The van der Waals surface area contributed by atoms with E-state index in [1.165, 1.54) is 11.1 Å². The number of hydrogen-bond donors (Lipinski definition) is 3. The lowest BCUT2D eigenvalue weighted by Gasteiger charge is -2.09. The van der Waals surface area contributed by atoms with Crippen molar-refractivity contribution in [1.29, 1.82) is 0 Å². The van der Waals surface area contributed by atoms with Crippen molar-refractivity contribution in [2.45, 2.75) is 27.7 Å². The van der Waals surface area contributed by atoms with E-state index < -0.39 is 0 Å². The average molecular weight is 404 g/mol. The van der Waals surface area contributed by atoms with Crippen LogP contribution in [0.5, 0.6) is 0 Å². The Balaban J connectivity index is 0.000000575. The first-order chi connectivity index (χ1) is 14.4. The molecule has 0 unspecified atom stereocenters. The Morgan fingerprint density at radius 2 is 1.67 bits per heavy atom. The highest BCUT2D eigenvalue weighted by atomic mass is 16.1. The van der Waals surface area contributed by atoms with Crippen LogP contribution in [0.4, 0.5) is 23.1 Å². The van der Waals surface area contributed by atoms with Gasteiger partial charge in [-0.15, -0.1) is 0 Å². The molecule has 1 amide bonds. The monoisotopic (exact) mass is 403 g/mol. The number of nitrogens with zero attached hydrogens (tertiary/aromatic N) is 2. The van der Waals surface area contributed by atoms with Crippen LogP contribution in [-0.4, -0.2) is 22.9 Å². The zero-order valence-corrected chi connectivity index (χ0v) is 18.2. The van der Waals surface area contributed by atoms with Crippen molar-refractivity contribution in [3.8, 4) is 0 Å². The summed E-state index contributed by atoms with van der Waals surface area (Å²) in [5.74, 6) is 0.995. The first kappa shape index (κ1) is 22.6. The molecule has 0 aliphatic rings. The van der Waals surface area contributed by atoms with Crippen molar-refractivity contribution in [2.24, 2.45) is 0 Å². The van der Waals surface area contributed by atoms with E-state index in [9.17, 15) is 4.79 Å². The highest BCUT2D eigenvalue weighted by molar-refractivity contribution is 5.95. The molecule has 156 valence electrons. The smallest absolute Gasteiger partial charge is 0.251 e. The highest BCUT2D eigenvalue weighted by Gasteiger charge is 2.05. The van der Waals surface area contributed by atoms with Gasteiger partial charge in [0.2, 0.25) is 5.95 Å². The first-order valence-electron chi connectivity index (χ1n) is 9.76. The number of aromatic nitrogens is 2. The minimum Gasteiger partial charge on any atom is -0.355 e. The van der Waals surface area contributed by atoms with E-state index >= 15 is 0 Å². The Morgan fingerprint density at radius 3 is 2.30 bits per heavy atom. The van der Waals surface area contributed by atoms with Crippen LogP contribution in [-0.2, 0) is 0 Å². The molecule has 3 N–H and O–H groups in total. The number of benzene rings is 2. The van der Waals surface area contributed by atoms with Gasteiger partial charge in [0.25, 0.3) is 5.91 Å². The van der Waals surface area contributed by atoms with Crippen LogP contribution in [0.15, 0.2) is 72.4 Å². The summed E-state index contributed by atoms with van der Waals surface area (Å²) in [5, 5.41) is 8.96. The zero-order chi connectivity index (χ0) is 21.9. The van der Waals surface area contributed by atoms with E-state index in [0.29, 0.717) is 17.3 Å². The fourth-order valence-corrected chi connectivity index (χ4v) is 2.28. The third-order valence-electron chi connectivity index (χ3n) is 4.16. The highest BCUT2D eigenvalue weighted by Crippen LogP contribution is 2.18. The number of anilines is 4. The minimum absolute atomic E-state index is 0.139. The number of allylic oxidation sites excluding steroid dienone is 2. The quantitative estimate of drug-likeness (QED) is 0.483. The number of hydrogen-bond acceptors (Lipinski definition) is 5. The maximum Gasteiger partial charge on any atom is 0.251 e. The summed E-state index contributed by atoms with van der Waals surface area (Å²) < 4.78 is 0. The lowest BCUT2D eigenvalue weighted by molar-refractivity contribution is 0.0963. The Kier molecular flexibility index (Phi) is 8.56. The molecule has 0 bridgehead atoms. The molecular weight excluding hydrogens is 374 g/mol. The molecule has 0 fully saturated rings. The summed E-state index contributed by atoms with van der Waals surface area (Å²) in [7, 11) is 1.60. The van der Waals surface area contributed by atoms with E-state index in [0.717, 1.165) is 11.4 Å². The van der Waals surface area contributed by atoms with Gasteiger partial charge >= 0.3 is 0 Å². The Hall–Kier alpha value is -3.67. The van der Waals surface area contributed by atoms with Crippen LogP contribution in [0.3, 0.4) is 0 Å². The van der Waals surface area contributed by atoms with Gasteiger partial charge in [-0.1, -0.05) is 35.4 Å². The molecular formula is C24H29N5O. The molecule has 3 aromatic rings. The average Bonchev–Trinajstić information content (AvgIpc) is 2.75. The number of carbonyl (C=O) groups excluding carboxylic acids is 1. The Morgan fingerprint density at radius 1 is 0.967 bits per heavy atom. The van der Waals surface area contributed by atoms with Gasteiger partial charge in [0.05, 0.1) is 0 Å². The number of nitrogens with one attached hydrogen (secondary N) is 3. The second-order valence-corrected chi connectivity index (χ2v) is 6.91. The molecule has 1 heterocycles. The van der Waals surface area contributed by atoms with Crippen molar-refractivity contribution >= 4 is 29.0 Å². The third-order valence-corrected chi connectivity index (χ3v) is 4.16. The normalized spacial score (nSPS) is 9.63. The molecule has 0 atom stereocenters. The zero-order valence-electron chi connectivity index (χ0n) is 18.2. The summed E-state index contributed by atoms with van der Waals surface area (Å²) >= 11 is 0. The summed E-state index contributed by atoms with van der Waals surface area (Å²) in [6, 6.07) is 17.0. The lowest BCUT2D eigenvalue weighted by atomic mass is 10.2. The van der Waals surface area contributed by atoms with Gasteiger partial charge in [-0.05, 0) is 64.1 Å². The Bertz CT molecular complexity index is 992. The summed E-state index contributed by atoms with van der Waals surface area (Å²) in [6.07, 6.45) is 3.76. The predicted octanol–water partition coefficient (Wildman–Crippen LogP) is 5.60. The van der Waals surface area contributed by atoms with Gasteiger partial charge in [0, 0.05) is 30.2 Å². The van der Waals surface area contributed by atoms with Crippen molar-refractivity contribution < 1.29 is 4.79 Å². The topological polar surface area (TPSA) is 78.9 Å². The summed E-state index contributed by atoms with van der Waals surface area (Å²) in [5.41, 5.74) is 4.85. The first-order valence-corrected chi connectivity index (χ1v) is 9.76. The molecule has 0 radical (unpaired) electrons. The van der Waals surface area contributed by atoms with Gasteiger partial charge in [-0.2, -0.15) is 4.98 Å². The van der Waals surface area contributed by atoms with E-state index in [4.69, 9.17) is 0 Å². The lowest BCUT2D eigenvalue weighted by Crippen LogP contribution is -2.17. The number of amides is 1. The van der Waals surface area contributed by atoms with Gasteiger partial charge in [-0.25, -0.2) is 4.98 Å². The van der Waals surface area contributed by atoms with E-state index in [1.807, 2.05) is 44.2 Å². The number of rotatable bonds is 5. The van der Waals surface area contributed by atoms with Gasteiger partial charge in [0.15, 0.2) is 0 Å². The molecule has 3 rings (SSSR count). The number of carbonyl (C=O) groups is 1. The van der Waals surface area contributed by atoms with Crippen LogP contribution in [0.2, 0.25) is 0 Å². The Labute approximate surface area is 178 Å². The van der Waals surface area contributed by atoms with E-state index in [1.54, 1.807) is 37.5 Å². The van der Waals surface area contributed by atoms with E-state index in [-0.39, 0.29) is 5.91 Å². The molecule has 0 saturated carbocycles. The van der Waals surface area contributed by atoms with Crippen molar-refractivity contribution in [3.05, 3.63) is 83.6 Å². The second-order valence-electron chi connectivity index (χ2n) is 6.91. The fourth-order valence-electron chi connectivity index (χ4n) is 2.28. The molecule has 0 spiro atoms. The predicted molar refractivity (Wildman–Crippen MR) is 125 cm³/mol. The molecule has 6 heteroatoms. The molecule has 30 heavy (non-hydrogen) atoms. The SMILES string of the molecule is CC=C(C)C.CNC(=O)c1cccc(Nc2nccc(Nc3ccc(C)cc3)n2)c1. The van der Waals surface area contributed by atoms with Gasteiger partial charge in [0.1, 0.15) is 5.82 Å². The van der Waals surface area contributed by atoms with Crippen molar-refractivity contribution in [1.82, 2.24) is 15.3 Å². The standard InChI is InChI=1S/C19H19N5O.C5H10/c1-13-6-8-15(9-7-13)22-17-10-11-21-19(24-17)23-16-5-3-4-14(12-16)18(25)20-2;1-4-5(2)3/h3-12H,1-2H3,(H,20,25)(H2,21,22,23,24);4H,1-3H3. The third kappa shape index (κ3) is 7.39. The minimum atomic E-state index is -0.139. The molecule has 0 aliphatic heterocycles. The molecule has 0 aliphatic carbocycles. The van der Waals surface area contributed by atoms with Crippen molar-refractivity contribution in [3.63, 3.8) is 0 Å². The van der Waals surface area contributed by atoms with Crippen LogP contribution in [0.1, 0.15) is 36.7 Å². The van der Waals surface area contributed by atoms with Crippen LogP contribution >= 0.6 is 0 Å². The van der Waals surface area contributed by atoms with Crippen molar-refractivity contribution in [2.75, 3.05) is 17.7 Å². The van der Waals surface area contributed by atoms with Crippen LogP contribution < -0.4 is 16.0 Å².